The molecule has 24 heavy (non-hydrogen) atoms. The molecule has 2 aromatic heterocycles. The van der Waals surface area contributed by atoms with E-state index in [2.05, 4.69) is 40.3 Å². The Labute approximate surface area is 145 Å². The summed E-state index contributed by atoms with van der Waals surface area (Å²) in [7, 11) is 0. The van der Waals surface area contributed by atoms with Gasteiger partial charge in [0.05, 0.1) is 22.9 Å². The lowest BCUT2D eigenvalue weighted by atomic mass is 10.0. The number of pyridine rings is 1. The van der Waals surface area contributed by atoms with E-state index in [9.17, 15) is 0 Å². The van der Waals surface area contributed by atoms with E-state index in [0.717, 1.165) is 33.2 Å². The average Bonchev–Trinajstić information content (AvgIpc) is 3.13. The van der Waals surface area contributed by atoms with Crippen molar-refractivity contribution in [2.45, 2.75) is 0 Å². The summed E-state index contributed by atoms with van der Waals surface area (Å²) in [4.78, 5) is 4.41. The monoisotopic (exact) mass is 332 g/mol. The predicted molar refractivity (Wildman–Crippen MR) is 102 cm³/mol. The molecule has 4 nitrogen and oxygen atoms in total. The zero-order valence-electron chi connectivity index (χ0n) is 12.9. The second-order valence-electron chi connectivity index (χ2n) is 5.02. The molecule has 0 amide bonds. The second-order valence-corrected chi connectivity index (χ2v) is 5.29. The minimum absolute atomic E-state index is 1.00. The first-order valence-corrected chi connectivity index (χ1v) is 7.90. The van der Waals surface area contributed by atoms with E-state index in [1.807, 2.05) is 71.7 Å². The Balaban J connectivity index is 0.000000526. The third-order valence-electron chi connectivity index (χ3n) is 3.56. The van der Waals surface area contributed by atoms with Gasteiger partial charge in [0.2, 0.25) is 0 Å². The third kappa shape index (κ3) is 3.31. The highest BCUT2D eigenvalue weighted by molar-refractivity contribution is 7.78. The van der Waals surface area contributed by atoms with Crippen LogP contribution >= 0.6 is 12.2 Å². The number of hydrogen-bond acceptors (Lipinski definition) is 3. The summed E-state index contributed by atoms with van der Waals surface area (Å²) in [6, 6.07) is 20.3. The van der Waals surface area contributed by atoms with Crippen molar-refractivity contribution < 1.29 is 0 Å². The molecule has 0 atom stereocenters. The molecule has 0 radical (unpaired) electrons. The molecule has 5 heteroatoms. The minimum atomic E-state index is 1.00. The minimum Gasteiger partial charge on any atom is -0.396 e. The van der Waals surface area contributed by atoms with Gasteiger partial charge in [-0.1, -0.05) is 48.6 Å². The Hall–Kier alpha value is -3.05. The summed E-state index contributed by atoms with van der Waals surface area (Å²) in [6.07, 6.45) is 5.80. The Morgan fingerprint density at radius 1 is 0.958 bits per heavy atom. The van der Waals surface area contributed by atoms with E-state index < -0.39 is 0 Å². The van der Waals surface area contributed by atoms with Gasteiger partial charge in [-0.05, 0) is 29.8 Å². The van der Waals surface area contributed by atoms with Crippen LogP contribution in [-0.2, 0) is 0 Å². The Kier molecular flexibility index (Phi) is 4.93. The lowest BCUT2D eigenvalue weighted by Crippen LogP contribution is -1.92. The maximum Gasteiger partial charge on any atom is 0.0708 e. The van der Waals surface area contributed by atoms with Gasteiger partial charge in [-0.15, -0.1) is 0 Å². The van der Waals surface area contributed by atoms with E-state index >= 15 is 0 Å². The Morgan fingerprint density at radius 3 is 2.46 bits per heavy atom. The topological polar surface area (TPSA) is 56.7 Å². The first kappa shape index (κ1) is 15.8. The zero-order chi connectivity index (χ0) is 16.8. The van der Waals surface area contributed by atoms with Crippen molar-refractivity contribution in [3.05, 3.63) is 79.3 Å². The van der Waals surface area contributed by atoms with Crippen LogP contribution in [0.5, 0.6) is 0 Å². The molecule has 0 unspecified atom stereocenters. The number of para-hydroxylation sites is 2. The van der Waals surface area contributed by atoms with E-state index in [4.69, 9.17) is 0 Å². The van der Waals surface area contributed by atoms with Crippen LogP contribution in [0.2, 0.25) is 0 Å². The molecule has 0 saturated heterocycles. The van der Waals surface area contributed by atoms with Crippen LogP contribution < -0.4 is 5.73 Å². The summed E-state index contributed by atoms with van der Waals surface area (Å²) in [5.41, 5.74) is 9.93. The molecule has 0 spiro atoms. The van der Waals surface area contributed by atoms with Gasteiger partial charge in [-0.3, -0.25) is 4.98 Å². The van der Waals surface area contributed by atoms with Gasteiger partial charge in [0.15, 0.2) is 0 Å². The maximum atomic E-state index is 4.54. The molecule has 118 valence electrons. The molecule has 0 saturated carbocycles. The molecule has 0 aliphatic heterocycles. The average molecular weight is 332 g/mol. The standard InChI is InChI=1S/C18H13N3.CH3NS/c1-2-6-15(7-3-1)21-13-14(12-20-21)16-10-11-19-18-9-5-4-8-17(16)18;2-1-3/h1-13H;1H,(H2,2,3). The summed E-state index contributed by atoms with van der Waals surface area (Å²) in [5.74, 6) is 0. The van der Waals surface area contributed by atoms with Crippen molar-refractivity contribution in [2.24, 2.45) is 5.73 Å². The molecule has 0 aliphatic rings. The fourth-order valence-corrected chi connectivity index (χ4v) is 2.53. The van der Waals surface area contributed by atoms with Crippen LogP contribution in [0.25, 0.3) is 27.7 Å². The predicted octanol–water partition coefficient (Wildman–Crippen LogP) is 3.99. The molecule has 2 aromatic carbocycles. The summed E-state index contributed by atoms with van der Waals surface area (Å²) in [6.45, 7) is 0. The lowest BCUT2D eigenvalue weighted by Gasteiger charge is -2.03. The van der Waals surface area contributed by atoms with Gasteiger partial charge in [0.25, 0.3) is 0 Å². The van der Waals surface area contributed by atoms with Crippen molar-refractivity contribution in [1.29, 1.82) is 0 Å². The summed E-state index contributed by atoms with van der Waals surface area (Å²) >= 11 is 4.05. The van der Waals surface area contributed by atoms with Crippen LogP contribution in [0.3, 0.4) is 0 Å². The molecular formula is C19H16N4S. The van der Waals surface area contributed by atoms with Gasteiger partial charge in [-0.25, -0.2) is 4.68 Å². The molecule has 4 aromatic rings. The molecule has 2 heterocycles. The van der Waals surface area contributed by atoms with Gasteiger partial charge >= 0.3 is 0 Å². The Morgan fingerprint density at radius 2 is 1.67 bits per heavy atom. The number of aromatic nitrogens is 3. The number of hydrogen-bond donors (Lipinski definition) is 1. The van der Waals surface area contributed by atoms with Crippen LogP contribution in [-0.4, -0.2) is 20.3 Å². The highest BCUT2D eigenvalue weighted by Crippen LogP contribution is 2.27. The van der Waals surface area contributed by atoms with Gasteiger partial charge < -0.3 is 5.73 Å². The smallest absolute Gasteiger partial charge is 0.0708 e. The number of fused-ring (bicyclic) bond motifs is 1. The number of nitrogens with two attached hydrogens (primary N) is 1. The first-order valence-electron chi connectivity index (χ1n) is 7.43. The maximum absolute atomic E-state index is 4.54. The van der Waals surface area contributed by atoms with Gasteiger partial charge in [-0.2, -0.15) is 5.10 Å². The largest absolute Gasteiger partial charge is 0.396 e. The summed E-state index contributed by atoms with van der Waals surface area (Å²) < 4.78 is 1.89. The molecule has 4 rings (SSSR count). The Bertz CT molecular complexity index is 942. The van der Waals surface area contributed by atoms with E-state index in [0.29, 0.717) is 0 Å². The molecule has 0 aliphatic carbocycles. The highest BCUT2D eigenvalue weighted by atomic mass is 32.1. The van der Waals surface area contributed by atoms with E-state index in [1.54, 1.807) is 0 Å². The van der Waals surface area contributed by atoms with Crippen molar-refractivity contribution >= 4 is 28.6 Å². The first-order chi connectivity index (χ1) is 11.8. The van der Waals surface area contributed by atoms with Crippen LogP contribution in [0.4, 0.5) is 0 Å². The van der Waals surface area contributed by atoms with Gasteiger partial charge in [0.1, 0.15) is 0 Å². The zero-order valence-corrected chi connectivity index (χ0v) is 13.7. The van der Waals surface area contributed by atoms with Crippen molar-refractivity contribution in [3.8, 4) is 16.8 Å². The van der Waals surface area contributed by atoms with Crippen molar-refractivity contribution in [2.75, 3.05) is 0 Å². The highest BCUT2D eigenvalue weighted by Gasteiger charge is 2.07. The normalized spacial score (nSPS) is 10.0. The van der Waals surface area contributed by atoms with Crippen LogP contribution in [0.1, 0.15) is 0 Å². The van der Waals surface area contributed by atoms with Crippen molar-refractivity contribution in [1.82, 2.24) is 14.8 Å². The van der Waals surface area contributed by atoms with E-state index in [1.165, 1.54) is 0 Å². The second kappa shape index (κ2) is 7.48. The number of rotatable bonds is 2. The van der Waals surface area contributed by atoms with E-state index in [-0.39, 0.29) is 0 Å². The fourth-order valence-electron chi connectivity index (χ4n) is 2.53. The molecular weight excluding hydrogens is 316 g/mol. The number of thiocarbonyl (C=S) groups is 1. The van der Waals surface area contributed by atoms with Gasteiger partial charge in [0, 0.05) is 23.3 Å². The summed E-state index contributed by atoms with van der Waals surface area (Å²) in [5, 5.41) is 5.61. The number of nitrogens with zero attached hydrogens (tertiary/aromatic N) is 3. The fraction of sp³-hybridized carbons (Fsp3) is 0. The number of benzene rings is 2. The third-order valence-corrected chi connectivity index (χ3v) is 3.56. The molecule has 2 N–H and O–H groups in total. The molecule has 0 bridgehead atoms. The lowest BCUT2D eigenvalue weighted by molar-refractivity contribution is 0.881. The molecule has 0 fully saturated rings. The quantitative estimate of drug-likeness (QED) is 0.564. The van der Waals surface area contributed by atoms with Crippen molar-refractivity contribution in [3.63, 3.8) is 0 Å². The van der Waals surface area contributed by atoms with Crippen LogP contribution in [0, 0.1) is 0 Å². The SMILES string of the molecule is NC=S.c1ccc(-n2cc(-c3ccnc4ccccc34)cn2)cc1. The van der Waals surface area contributed by atoms with Crippen LogP contribution in [0.15, 0.2) is 79.3 Å².